The van der Waals surface area contributed by atoms with Crippen LogP contribution in [0.15, 0.2) is 59.4 Å². The average Bonchev–Trinajstić information content (AvgIpc) is 3.23. The zero-order chi connectivity index (χ0) is 23.2. The Kier molecular flexibility index (Phi) is 7.10. The summed E-state index contributed by atoms with van der Waals surface area (Å²) >= 11 is 0. The Bertz CT molecular complexity index is 1220. The van der Waals surface area contributed by atoms with Gasteiger partial charge in [-0.1, -0.05) is 37.3 Å². The Morgan fingerprint density at radius 1 is 1.12 bits per heavy atom. The first-order valence-electron chi connectivity index (χ1n) is 11.2. The highest BCUT2D eigenvalue weighted by Crippen LogP contribution is 2.40. The van der Waals surface area contributed by atoms with Gasteiger partial charge in [-0.15, -0.1) is 0 Å². The van der Waals surface area contributed by atoms with E-state index in [4.69, 9.17) is 14.3 Å². The SMILES string of the molecule is CCc1ccc(-c2c(-c3ccccn3)oc3ncnc(CC[C@H](C)OCCC(=O)O)c23)cc1. The Morgan fingerprint density at radius 2 is 1.94 bits per heavy atom. The average molecular weight is 446 g/mol. The van der Waals surface area contributed by atoms with Crippen LogP contribution in [0.25, 0.3) is 33.7 Å². The summed E-state index contributed by atoms with van der Waals surface area (Å²) in [4.78, 5) is 24.2. The van der Waals surface area contributed by atoms with E-state index in [0.717, 1.165) is 34.3 Å². The van der Waals surface area contributed by atoms with Crippen molar-refractivity contribution in [3.63, 3.8) is 0 Å². The van der Waals surface area contributed by atoms with Crippen molar-refractivity contribution in [3.05, 3.63) is 66.2 Å². The second-order valence-electron chi connectivity index (χ2n) is 7.94. The predicted octanol–water partition coefficient (Wildman–Crippen LogP) is 5.33. The van der Waals surface area contributed by atoms with Crippen molar-refractivity contribution in [1.29, 1.82) is 0 Å². The summed E-state index contributed by atoms with van der Waals surface area (Å²) in [6, 6.07) is 14.2. The van der Waals surface area contributed by atoms with Gasteiger partial charge in [0.25, 0.3) is 0 Å². The summed E-state index contributed by atoms with van der Waals surface area (Å²) in [6.45, 7) is 4.27. The number of aliphatic carboxylic acids is 1. The van der Waals surface area contributed by atoms with E-state index >= 15 is 0 Å². The fraction of sp³-hybridized carbons (Fsp3) is 0.308. The lowest BCUT2D eigenvalue weighted by Crippen LogP contribution is -2.13. The lowest BCUT2D eigenvalue weighted by atomic mass is 9.97. The molecule has 0 bridgehead atoms. The fourth-order valence-corrected chi connectivity index (χ4v) is 3.81. The summed E-state index contributed by atoms with van der Waals surface area (Å²) in [5.74, 6) is -0.193. The lowest BCUT2D eigenvalue weighted by molar-refractivity contribution is -0.138. The maximum absolute atomic E-state index is 10.7. The van der Waals surface area contributed by atoms with Crippen LogP contribution in [0.4, 0.5) is 0 Å². The van der Waals surface area contributed by atoms with E-state index in [2.05, 4.69) is 46.1 Å². The number of carboxylic acids is 1. The van der Waals surface area contributed by atoms with Gasteiger partial charge in [-0.05, 0) is 49.4 Å². The van der Waals surface area contributed by atoms with Gasteiger partial charge >= 0.3 is 5.97 Å². The molecule has 3 aromatic heterocycles. The highest BCUT2D eigenvalue weighted by atomic mass is 16.5. The maximum Gasteiger partial charge on any atom is 0.305 e. The molecule has 1 atom stereocenters. The van der Waals surface area contributed by atoms with Crippen LogP contribution < -0.4 is 0 Å². The Hall–Kier alpha value is -3.58. The number of ether oxygens (including phenoxy) is 1. The zero-order valence-corrected chi connectivity index (χ0v) is 18.8. The molecule has 0 unspecified atom stereocenters. The summed E-state index contributed by atoms with van der Waals surface area (Å²) in [5, 5.41) is 9.68. The maximum atomic E-state index is 10.7. The predicted molar refractivity (Wildman–Crippen MR) is 126 cm³/mol. The molecule has 0 fully saturated rings. The molecular formula is C26H27N3O4. The molecule has 33 heavy (non-hydrogen) atoms. The number of furan rings is 1. The molecule has 0 radical (unpaired) electrons. The van der Waals surface area contributed by atoms with Gasteiger partial charge in [-0.2, -0.15) is 0 Å². The number of aryl methyl sites for hydroxylation is 2. The van der Waals surface area contributed by atoms with Crippen LogP contribution in [0.2, 0.25) is 0 Å². The molecule has 7 nitrogen and oxygen atoms in total. The van der Waals surface area contributed by atoms with Gasteiger partial charge in [-0.3, -0.25) is 9.78 Å². The number of aromatic nitrogens is 3. The van der Waals surface area contributed by atoms with Crippen LogP contribution in [-0.2, 0) is 22.4 Å². The zero-order valence-electron chi connectivity index (χ0n) is 18.8. The number of carbonyl (C=O) groups is 1. The lowest BCUT2D eigenvalue weighted by Gasteiger charge is -2.12. The number of nitrogens with zero attached hydrogens (tertiary/aromatic N) is 3. The number of fused-ring (bicyclic) bond motifs is 1. The van der Waals surface area contributed by atoms with Gasteiger partial charge in [0.15, 0.2) is 5.76 Å². The molecule has 4 aromatic rings. The van der Waals surface area contributed by atoms with Crippen LogP contribution in [0.5, 0.6) is 0 Å². The second kappa shape index (κ2) is 10.4. The minimum Gasteiger partial charge on any atom is -0.481 e. The summed E-state index contributed by atoms with van der Waals surface area (Å²) in [5.41, 5.74) is 5.34. The quantitative estimate of drug-likeness (QED) is 0.352. The molecule has 1 aromatic carbocycles. The molecule has 0 aliphatic carbocycles. The fourth-order valence-electron chi connectivity index (χ4n) is 3.81. The largest absolute Gasteiger partial charge is 0.481 e. The van der Waals surface area contributed by atoms with Gasteiger partial charge < -0.3 is 14.3 Å². The normalized spacial score (nSPS) is 12.2. The van der Waals surface area contributed by atoms with Gasteiger partial charge in [0, 0.05) is 11.8 Å². The summed E-state index contributed by atoms with van der Waals surface area (Å²) in [7, 11) is 0. The van der Waals surface area contributed by atoms with Crippen LogP contribution in [0.1, 0.15) is 37.9 Å². The van der Waals surface area contributed by atoms with Crippen molar-refractivity contribution in [1.82, 2.24) is 15.0 Å². The molecular weight excluding hydrogens is 418 g/mol. The van der Waals surface area contributed by atoms with Crippen molar-refractivity contribution in [3.8, 4) is 22.6 Å². The van der Waals surface area contributed by atoms with E-state index in [1.165, 1.54) is 11.9 Å². The van der Waals surface area contributed by atoms with E-state index in [0.29, 0.717) is 24.3 Å². The molecule has 0 aliphatic rings. The van der Waals surface area contributed by atoms with Crippen molar-refractivity contribution >= 4 is 17.1 Å². The highest BCUT2D eigenvalue weighted by Gasteiger charge is 2.23. The molecule has 0 spiro atoms. The number of pyridine rings is 1. The van der Waals surface area contributed by atoms with E-state index in [-0.39, 0.29) is 19.1 Å². The van der Waals surface area contributed by atoms with Crippen molar-refractivity contribution in [2.45, 2.75) is 45.6 Å². The molecule has 170 valence electrons. The molecule has 1 N–H and O–H groups in total. The molecule has 0 amide bonds. The van der Waals surface area contributed by atoms with Gasteiger partial charge in [-0.25, -0.2) is 9.97 Å². The standard InChI is InChI=1S/C26H27N3O4/c1-3-18-8-10-19(11-9-18)23-24-20(12-7-17(2)32-15-13-22(30)31)28-16-29-26(24)33-25(23)21-6-4-5-14-27-21/h4-6,8-11,14,16-17H,3,7,12-13,15H2,1-2H3,(H,30,31)/t17-/m0/s1. The third-order valence-electron chi connectivity index (χ3n) is 5.62. The van der Waals surface area contributed by atoms with Crippen molar-refractivity contribution in [2.75, 3.05) is 6.61 Å². The van der Waals surface area contributed by atoms with Crippen LogP contribution in [0, 0.1) is 0 Å². The topological polar surface area (TPSA) is 98.3 Å². The Morgan fingerprint density at radius 3 is 2.64 bits per heavy atom. The minimum atomic E-state index is -0.862. The van der Waals surface area contributed by atoms with E-state index in [1.807, 2.05) is 25.1 Å². The Balaban J connectivity index is 1.73. The number of rotatable bonds is 10. The number of hydrogen-bond acceptors (Lipinski definition) is 6. The third-order valence-corrected chi connectivity index (χ3v) is 5.62. The molecule has 4 rings (SSSR count). The number of carboxylic acid groups (broad SMARTS) is 1. The van der Waals surface area contributed by atoms with Crippen LogP contribution in [0.3, 0.4) is 0 Å². The molecule has 0 saturated heterocycles. The molecule has 0 aliphatic heterocycles. The molecule has 3 heterocycles. The first-order valence-corrected chi connectivity index (χ1v) is 11.2. The number of hydrogen-bond donors (Lipinski definition) is 1. The van der Waals surface area contributed by atoms with E-state index in [9.17, 15) is 4.79 Å². The van der Waals surface area contributed by atoms with Crippen LogP contribution >= 0.6 is 0 Å². The first kappa shape index (κ1) is 22.6. The second-order valence-corrected chi connectivity index (χ2v) is 7.94. The summed E-state index contributed by atoms with van der Waals surface area (Å²) < 4.78 is 11.9. The molecule has 7 heteroatoms. The monoisotopic (exact) mass is 445 g/mol. The number of benzene rings is 1. The van der Waals surface area contributed by atoms with Gasteiger partial charge in [0.05, 0.1) is 30.2 Å². The smallest absolute Gasteiger partial charge is 0.305 e. The van der Waals surface area contributed by atoms with Gasteiger partial charge in [0.1, 0.15) is 12.0 Å². The highest BCUT2D eigenvalue weighted by molar-refractivity contribution is 6.01. The van der Waals surface area contributed by atoms with Crippen molar-refractivity contribution < 1.29 is 19.1 Å². The Labute approximate surface area is 192 Å². The van der Waals surface area contributed by atoms with E-state index < -0.39 is 5.97 Å². The van der Waals surface area contributed by atoms with Crippen LogP contribution in [-0.4, -0.2) is 38.7 Å². The minimum absolute atomic E-state index is 0.00480. The first-order chi connectivity index (χ1) is 16.1. The van der Waals surface area contributed by atoms with Crippen molar-refractivity contribution in [2.24, 2.45) is 0 Å². The van der Waals surface area contributed by atoms with Gasteiger partial charge in [0.2, 0.25) is 5.71 Å². The summed E-state index contributed by atoms with van der Waals surface area (Å²) in [6.07, 6.45) is 5.48. The molecule has 0 saturated carbocycles. The third kappa shape index (κ3) is 5.26. The van der Waals surface area contributed by atoms with E-state index in [1.54, 1.807) is 6.20 Å².